The molecule has 0 spiro atoms. The predicted molar refractivity (Wildman–Crippen MR) is 104 cm³/mol. The number of aryl methyl sites for hydroxylation is 2. The van der Waals surface area contributed by atoms with Crippen molar-refractivity contribution < 1.29 is 4.79 Å². The van der Waals surface area contributed by atoms with Crippen LogP contribution < -0.4 is 5.32 Å². The van der Waals surface area contributed by atoms with Gasteiger partial charge in [-0.15, -0.1) is 0 Å². The second kappa shape index (κ2) is 6.89. The number of carbonyl (C=O) groups excluding carboxylic acids is 1. The Morgan fingerprint density at radius 1 is 1.28 bits per heavy atom. The van der Waals surface area contributed by atoms with Crippen LogP contribution in [-0.4, -0.2) is 15.5 Å². The van der Waals surface area contributed by atoms with Gasteiger partial charge in [-0.3, -0.25) is 4.79 Å². The molecule has 0 unspecified atom stereocenters. The van der Waals surface area contributed by atoms with Gasteiger partial charge in [0.1, 0.15) is 5.65 Å². The van der Waals surface area contributed by atoms with Gasteiger partial charge in [0, 0.05) is 30.5 Å². The maximum Gasteiger partial charge on any atom is 0.258 e. The summed E-state index contributed by atoms with van der Waals surface area (Å²) in [6.45, 7) is 6.34. The van der Waals surface area contributed by atoms with E-state index in [1.807, 2.05) is 42.1 Å². The second-order valence-electron chi connectivity index (χ2n) is 6.53. The predicted octanol–water partition coefficient (Wildman–Crippen LogP) is 5.16. The number of rotatable bonds is 4. The number of aromatic nitrogens is 2. The molecule has 0 radical (unpaired) electrons. The van der Waals surface area contributed by atoms with Gasteiger partial charge in [0.25, 0.3) is 5.91 Å². The van der Waals surface area contributed by atoms with Crippen molar-refractivity contribution in [3.63, 3.8) is 0 Å². The monoisotopic (exact) mass is 355 g/mol. The number of hydrogen-bond donors (Lipinski definition) is 1. The molecule has 0 bridgehead atoms. The van der Waals surface area contributed by atoms with Crippen LogP contribution in [0.1, 0.15) is 48.2 Å². The molecule has 2 aromatic heterocycles. The van der Waals surface area contributed by atoms with E-state index in [1.165, 1.54) is 5.56 Å². The number of anilines is 1. The summed E-state index contributed by atoms with van der Waals surface area (Å²) in [5.74, 6) is 0.207. The van der Waals surface area contributed by atoms with E-state index < -0.39 is 0 Å². The maximum atomic E-state index is 12.7. The maximum absolute atomic E-state index is 12.7. The fourth-order valence-corrected chi connectivity index (χ4v) is 3.31. The molecular formula is C20H22ClN3O. The minimum absolute atomic E-state index is 0.248. The van der Waals surface area contributed by atoms with Crippen LogP contribution in [0.4, 0.5) is 5.69 Å². The fraction of sp³-hybridized carbons (Fsp3) is 0.300. The van der Waals surface area contributed by atoms with Crippen LogP contribution in [0.15, 0.2) is 36.7 Å². The van der Waals surface area contributed by atoms with Gasteiger partial charge in [-0.1, -0.05) is 44.5 Å². The molecule has 130 valence electrons. The number of pyridine rings is 1. The van der Waals surface area contributed by atoms with E-state index in [1.54, 1.807) is 6.20 Å². The highest BCUT2D eigenvalue weighted by Gasteiger charge is 2.18. The van der Waals surface area contributed by atoms with Crippen LogP contribution in [0.25, 0.3) is 11.0 Å². The number of hydrogen-bond acceptors (Lipinski definition) is 2. The van der Waals surface area contributed by atoms with E-state index in [9.17, 15) is 4.79 Å². The van der Waals surface area contributed by atoms with Crippen molar-refractivity contribution in [3.05, 3.63) is 58.4 Å². The lowest BCUT2D eigenvalue weighted by Gasteiger charge is -2.10. The number of carbonyl (C=O) groups is 1. The smallest absolute Gasteiger partial charge is 0.258 e. The Kier molecular flexibility index (Phi) is 4.82. The number of nitrogens with zero attached hydrogens (tertiary/aromatic N) is 2. The molecule has 1 amide bonds. The van der Waals surface area contributed by atoms with Crippen molar-refractivity contribution in [1.29, 1.82) is 0 Å². The molecule has 5 heteroatoms. The van der Waals surface area contributed by atoms with E-state index in [4.69, 9.17) is 11.6 Å². The van der Waals surface area contributed by atoms with Gasteiger partial charge in [0.2, 0.25) is 0 Å². The van der Waals surface area contributed by atoms with Crippen molar-refractivity contribution in [2.45, 2.75) is 33.1 Å². The van der Waals surface area contributed by atoms with E-state index >= 15 is 0 Å². The highest BCUT2D eigenvalue weighted by atomic mass is 35.5. The number of benzene rings is 1. The molecule has 0 saturated carbocycles. The van der Waals surface area contributed by atoms with Gasteiger partial charge in [-0.05, 0) is 35.6 Å². The molecule has 1 aromatic carbocycles. The van der Waals surface area contributed by atoms with Crippen molar-refractivity contribution in [2.75, 3.05) is 5.32 Å². The minimum atomic E-state index is -0.248. The first-order valence-corrected chi connectivity index (χ1v) is 8.83. The molecule has 0 fully saturated rings. The van der Waals surface area contributed by atoms with Gasteiger partial charge in [0.15, 0.2) is 0 Å². The Labute approximate surface area is 152 Å². The Bertz CT molecular complexity index is 926. The van der Waals surface area contributed by atoms with E-state index in [0.29, 0.717) is 16.5 Å². The van der Waals surface area contributed by atoms with Crippen LogP contribution in [0.2, 0.25) is 5.02 Å². The third-order valence-corrected chi connectivity index (χ3v) is 4.85. The van der Waals surface area contributed by atoms with Gasteiger partial charge in [-0.25, -0.2) is 4.98 Å². The Morgan fingerprint density at radius 2 is 1.96 bits per heavy atom. The number of halogens is 1. The first kappa shape index (κ1) is 17.5. The van der Waals surface area contributed by atoms with Crippen molar-refractivity contribution in [2.24, 2.45) is 7.05 Å². The van der Waals surface area contributed by atoms with Crippen LogP contribution >= 0.6 is 11.6 Å². The highest BCUT2D eigenvalue weighted by molar-refractivity contribution is 6.39. The number of nitrogens with one attached hydrogen (secondary N) is 1. The summed E-state index contributed by atoms with van der Waals surface area (Å²) < 4.78 is 1.94. The van der Waals surface area contributed by atoms with Crippen LogP contribution in [0, 0.1) is 0 Å². The molecule has 0 aliphatic heterocycles. The van der Waals surface area contributed by atoms with E-state index in [0.717, 1.165) is 28.7 Å². The van der Waals surface area contributed by atoms with Crippen LogP contribution in [0.5, 0.6) is 0 Å². The topological polar surface area (TPSA) is 46.9 Å². The Balaban J connectivity index is 1.93. The zero-order valence-corrected chi connectivity index (χ0v) is 15.7. The number of amides is 1. The molecule has 0 saturated heterocycles. The lowest BCUT2D eigenvalue weighted by molar-refractivity contribution is 0.102. The van der Waals surface area contributed by atoms with E-state index in [2.05, 4.69) is 31.1 Å². The summed E-state index contributed by atoms with van der Waals surface area (Å²) in [4.78, 5) is 17.1. The molecule has 0 atom stereocenters. The van der Waals surface area contributed by atoms with Crippen molar-refractivity contribution in [1.82, 2.24) is 9.55 Å². The lowest BCUT2D eigenvalue weighted by atomic mass is 10.0. The molecule has 0 aliphatic carbocycles. The molecule has 0 aliphatic rings. The van der Waals surface area contributed by atoms with E-state index in [-0.39, 0.29) is 5.91 Å². The van der Waals surface area contributed by atoms with Crippen LogP contribution in [0.3, 0.4) is 0 Å². The third kappa shape index (κ3) is 3.27. The third-order valence-electron chi connectivity index (χ3n) is 4.46. The number of fused-ring (bicyclic) bond motifs is 1. The summed E-state index contributed by atoms with van der Waals surface area (Å²) in [5.41, 5.74) is 4.25. The summed E-state index contributed by atoms with van der Waals surface area (Å²) in [7, 11) is 1.93. The Morgan fingerprint density at radius 3 is 2.56 bits per heavy atom. The van der Waals surface area contributed by atoms with Gasteiger partial charge in [0.05, 0.1) is 10.6 Å². The average molecular weight is 356 g/mol. The molecular weight excluding hydrogens is 334 g/mol. The molecule has 2 heterocycles. The SMILES string of the molecule is CCc1cn(C)c2ncc(C(=O)Nc3ccc(C(C)C)cc3)c(Cl)c12. The first-order chi connectivity index (χ1) is 11.9. The van der Waals surface area contributed by atoms with Gasteiger partial charge < -0.3 is 9.88 Å². The van der Waals surface area contributed by atoms with Gasteiger partial charge >= 0.3 is 0 Å². The Hall–Kier alpha value is -2.33. The molecule has 1 N–H and O–H groups in total. The first-order valence-electron chi connectivity index (χ1n) is 8.46. The fourth-order valence-electron chi connectivity index (χ4n) is 2.97. The summed E-state index contributed by atoms with van der Waals surface area (Å²) >= 11 is 6.55. The molecule has 4 nitrogen and oxygen atoms in total. The average Bonchev–Trinajstić information content (AvgIpc) is 2.92. The summed E-state index contributed by atoms with van der Waals surface area (Å²) in [6.07, 6.45) is 4.39. The lowest BCUT2D eigenvalue weighted by Crippen LogP contribution is -2.13. The zero-order chi connectivity index (χ0) is 18.1. The highest BCUT2D eigenvalue weighted by Crippen LogP contribution is 2.30. The van der Waals surface area contributed by atoms with Crippen LogP contribution in [-0.2, 0) is 13.5 Å². The quantitative estimate of drug-likeness (QED) is 0.702. The largest absolute Gasteiger partial charge is 0.335 e. The molecule has 3 rings (SSSR count). The van der Waals surface area contributed by atoms with Crippen molar-refractivity contribution >= 4 is 34.2 Å². The summed E-state index contributed by atoms with van der Waals surface area (Å²) in [5, 5.41) is 4.22. The standard InChI is InChI=1S/C20H22ClN3O/c1-5-13-11-24(4)19-17(13)18(21)16(10-22-19)20(25)23-15-8-6-14(7-9-15)12(2)3/h6-12H,5H2,1-4H3,(H,23,25). The molecule has 25 heavy (non-hydrogen) atoms. The van der Waals surface area contributed by atoms with Gasteiger partial charge in [-0.2, -0.15) is 0 Å². The minimum Gasteiger partial charge on any atom is -0.335 e. The summed E-state index contributed by atoms with van der Waals surface area (Å²) in [6, 6.07) is 7.87. The zero-order valence-electron chi connectivity index (χ0n) is 14.9. The molecule has 3 aromatic rings. The second-order valence-corrected chi connectivity index (χ2v) is 6.91. The van der Waals surface area contributed by atoms with Crippen molar-refractivity contribution in [3.8, 4) is 0 Å². The normalized spacial score (nSPS) is 11.3.